The summed E-state index contributed by atoms with van der Waals surface area (Å²) >= 11 is 0. The topological polar surface area (TPSA) is 51.8 Å². The zero-order chi connectivity index (χ0) is 13.0. The molecule has 0 radical (unpaired) electrons. The third-order valence-electron chi connectivity index (χ3n) is 2.80. The summed E-state index contributed by atoms with van der Waals surface area (Å²) in [7, 11) is 0. The Labute approximate surface area is 108 Å². The van der Waals surface area contributed by atoms with Crippen LogP contribution < -0.4 is 5.73 Å². The van der Waals surface area contributed by atoms with Crippen molar-refractivity contribution in [3.63, 3.8) is 0 Å². The maximum atomic E-state index is 5.74. The minimum atomic E-state index is 0.150. The van der Waals surface area contributed by atoms with Crippen LogP contribution in [0.4, 0.5) is 0 Å². The van der Waals surface area contributed by atoms with E-state index >= 15 is 0 Å². The van der Waals surface area contributed by atoms with Crippen LogP contribution in [0.1, 0.15) is 29.4 Å². The van der Waals surface area contributed by atoms with Crippen LogP contribution in [0.5, 0.6) is 0 Å². The average molecular weight is 241 g/mol. The van der Waals surface area contributed by atoms with E-state index in [4.69, 9.17) is 5.73 Å². The maximum absolute atomic E-state index is 5.74. The van der Waals surface area contributed by atoms with Gasteiger partial charge in [-0.2, -0.15) is 0 Å². The first kappa shape index (κ1) is 12.7. The quantitative estimate of drug-likeness (QED) is 0.893. The fraction of sp³-hybridized carbons (Fsp3) is 0.333. The molecule has 0 spiro atoms. The molecule has 94 valence electrons. The van der Waals surface area contributed by atoms with Gasteiger partial charge in [0.25, 0.3) is 0 Å². The van der Waals surface area contributed by atoms with Crippen molar-refractivity contribution in [3.05, 3.63) is 59.2 Å². The molecule has 0 amide bonds. The van der Waals surface area contributed by atoms with Gasteiger partial charge in [-0.05, 0) is 31.4 Å². The number of rotatable bonds is 4. The van der Waals surface area contributed by atoms with Gasteiger partial charge in [0.2, 0.25) is 0 Å². The molecule has 0 bridgehead atoms. The molecule has 18 heavy (non-hydrogen) atoms. The van der Waals surface area contributed by atoms with Crippen LogP contribution in [0.25, 0.3) is 0 Å². The van der Waals surface area contributed by atoms with E-state index in [2.05, 4.69) is 41.2 Å². The van der Waals surface area contributed by atoms with Crippen LogP contribution in [-0.4, -0.2) is 16.0 Å². The van der Waals surface area contributed by atoms with Gasteiger partial charge in [-0.15, -0.1) is 0 Å². The number of hydrogen-bond acceptors (Lipinski definition) is 3. The molecule has 0 saturated carbocycles. The summed E-state index contributed by atoms with van der Waals surface area (Å²) in [6.07, 6.45) is 5.35. The van der Waals surface area contributed by atoms with Crippen molar-refractivity contribution < 1.29 is 0 Å². The highest BCUT2D eigenvalue weighted by Gasteiger charge is 2.02. The van der Waals surface area contributed by atoms with Crippen LogP contribution >= 0.6 is 0 Å². The molecule has 1 aromatic heterocycles. The molecule has 2 rings (SSSR count). The van der Waals surface area contributed by atoms with Crippen molar-refractivity contribution in [3.8, 4) is 0 Å². The highest BCUT2D eigenvalue weighted by Crippen LogP contribution is 2.08. The number of benzene rings is 1. The summed E-state index contributed by atoms with van der Waals surface area (Å²) < 4.78 is 0. The molecule has 1 heterocycles. The Morgan fingerprint density at radius 1 is 1.06 bits per heavy atom. The summed E-state index contributed by atoms with van der Waals surface area (Å²) in [5.41, 5.74) is 9.35. The highest BCUT2D eigenvalue weighted by molar-refractivity contribution is 5.24. The van der Waals surface area contributed by atoms with E-state index < -0.39 is 0 Å². The van der Waals surface area contributed by atoms with Crippen LogP contribution in [0, 0.1) is 6.92 Å². The lowest BCUT2D eigenvalue weighted by Crippen LogP contribution is -2.18. The number of nitrogens with zero attached hydrogens (tertiary/aromatic N) is 2. The highest BCUT2D eigenvalue weighted by atomic mass is 14.9. The lowest BCUT2D eigenvalue weighted by molar-refractivity contribution is 0.729. The van der Waals surface area contributed by atoms with Crippen molar-refractivity contribution >= 4 is 0 Å². The molecular formula is C15H19N3. The minimum absolute atomic E-state index is 0.150. The summed E-state index contributed by atoms with van der Waals surface area (Å²) in [5.74, 6) is 0.854. The Morgan fingerprint density at radius 3 is 2.22 bits per heavy atom. The number of hydrogen-bond donors (Lipinski definition) is 1. The molecule has 3 nitrogen and oxygen atoms in total. The van der Waals surface area contributed by atoms with Gasteiger partial charge in [0.15, 0.2) is 0 Å². The van der Waals surface area contributed by atoms with Gasteiger partial charge in [0.05, 0.1) is 0 Å². The number of aryl methyl sites for hydroxylation is 1. The molecule has 1 unspecified atom stereocenters. The SMILES string of the molecule is Cc1ccc(Cc2ncc(CC(C)N)cn2)cc1. The Hall–Kier alpha value is -1.74. The molecule has 1 aromatic carbocycles. The molecule has 0 aliphatic carbocycles. The first-order valence-electron chi connectivity index (χ1n) is 6.24. The lowest BCUT2D eigenvalue weighted by atomic mass is 10.1. The zero-order valence-electron chi connectivity index (χ0n) is 10.9. The van der Waals surface area contributed by atoms with Crippen LogP contribution in [0.3, 0.4) is 0 Å². The molecule has 2 aromatic rings. The third kappa shape index (κ3) is 3.64. The summed E-state index contributed by atoms with van der Waals surface area (Å²) in [5, 5.41) is 0. The Morgan fingerprint density at radius 2 is 1.67 bits per heavy atom. The van der Waals surface area contributed by atoms with Crippen molar-refractivity contribution in [2.75, 3.05) is 0 Å². The number of nitrogens with two attached hydrogens (primary N) is 1. The van der Waals surface area contributed by atoms with Gasteiger partial charge in [-0.25, -0.2) is 9.97 Å². The molecule has 1 atom stereocenters. The van der Waals surface area contributed by atoms with E-state index in [9.17, 15) is 0 Å². The largest absolute Gasteiger partial charge is 0.328 e. The second-order valence-corrected chi connectivity index (χ2v) is 4.85. The predicted octanol–water partition coefficient (Wildman–Crippen LogP) is 2.27. The molecule has 0 aliphatic rings. The summed E-state index contributed by atoms with van der Waals surface area (Å²) in [6.45, 7) is 4.07. The minimum Gasteiger partial charge on any atom is -0.328 e. The zero-order valence-corrected chi connectivity index (χ0v) is 10.9. The van der Waals surface area contributed by atoms with Crippen molar-refractivity contribution in [2.24, 2.45) is 5.73 Å². The fourth-order valence-corrected chi connectivity index (χ4v) is 1.84. The second kappa shape index (κ2) is 5.74. The number of aromatic nitrogens is 2. The fourth-order valence-electron chi connectivity index (χ4n) is 1.84. The van der Waals surface area contributed by atoms with E-state index in [1.165, 1.54) is 11.1 Å². The third-order valence-corrected chi connectivity index (χ3v) is 2.80. The molecule has 0 saturated heterocycles. The molecule has 2 N–H and O–H groups in total. The maximum Gasteiger partial charge on any atom is 0.132 e. The Kier molecular flexibility index (Phi) is 4.05. The van der Waals surface area contributed by atoms with Crippen molar-refractivity contribution in [1.29, 1.82) is 0 Å². The van der Waals surface area contributed by atoms with Crippen LogP contribution in [-0.2, 0) is 12.8 Å². The molecule has 0 fully saturated rings. The van der Waals surface area contributed by atoms with Crippen LogP contribution in [0.15, 0.2) is 36.7 Å². The van der Waals surface area contributed by atoms with Gasteiger partial charge >= 0.3 is 0 Å². The van der Waals surface area contributed by atoms with Gasteiger partial charge in [-0.3, -0.25) is 0 Å². The summed E-state index contributed by atoms with van der Waals surface area (Å²) in [4.78, 5) is 8.77. The first-order valence-corrected chi connectivity index (χ1v) is 6.24. The normalized spacial score (nSPS) is 12.4. The molecular weight excluding hydrogens is 222 g/mol. The van der Waals surface area contributed by atoms with E-state index in [0.717, 1.165) is 24.2 Å². The predicted molar refractivity (Wildman–Crippen MR) is 73.4 cm³/mol. The van der Waals surface area contributed by atoms with Gasteiger partial charge in [-0.1, -0.05) is 29.8 Å². The van der Waals surface area contributed by atoms with Crippen molar-refractivity contribution in [1.82, 2.24) is 9.97 Å². The van der Waals surface area contributed by atoms with Crippen LogP contribution in [0.2, 0.25) is 0 Å². The Balaban J connectivity index is 2.04. The smallest absolute Gasteiger partial charge is 0.132 e. The van der Waals surface area contributed by atoms with Crippen molar-refractivity contribution in [2.45, 2.75) is 32.7 Å². The van der Waals surface area contributed by atoms with Gasteiger partial charge in [0, 0.05) is 24.9 Å². The van der Waals surface area contributed by atoms with E-state index in [0.29, 0.717) is 0 Å². The Bertz CT molecular complexity index is 486. The van der Waals surface area contributed by atoms with E-state index in [-0.39, 0.29) is 6.04 Å². The second-order valence-electron chi connectivity index (χ2n) is 4.85. The average Bonchev–Trinajstić information content (AvgIpc) is 2.34. The molecule has 0 aliphatic heterocycles. The van der Waals surface area contributed by atoms with E-state index in [1.807, 2.05) is 19.3 Å². The van der Waals surface area contributed by atoms with Gasteiger partial charge in [0.1, 0.15) is 5.82 Å². The monoisotopic (exact) mass is 241 g/mol. The van der Waals surface area contributed by atoms with E-state index in [1.54, 1.807) is 0 Å². The first-order chi connectivity index (χ1) is 8.63. The molecule has 3 heteroatoms. The lowest BCUT2D eigenvalue weighted by Gasteiger charge is -2.05. The standard InChI is InChI=1S/C15H19N3/c1-11-3-5-13(6-4-11)8-15-17-9-14(10-18-15)7-12(2)16/h3-6,9-10,12H,7-8,16H2,1-2H3. The van der Waals surface area contributed by atoms with Gasteiger partial charge < -0.3 is 5.73 Å². The summed E-state index contributed by atoms with van der Waals surface area (Å²) in [6, 6.07) is 8.61.